The van der Waals surface area contributed by atoms with Crippen LogP contribution in [0.5, 0.6) is 0 Å². The fourth-order valence-electron chi connectivity index (χ4n) is 3.51. The Bertz CT molecular complexity index is 1100. The number of methoxy groups -OCH3 is 1. The van der Waals surface area contributed by atoms with Gasteiger partial charge in [0.25, 0.3) is 5.91 Å². The maximum absolute atomic E-state index is 13.4. The molecule has 1 amide bonds. The molecule has 0 unspecified atom stereocenters. The highest BCUT2D eigenvalue weighted by Gasteiger charge is 2.25. The second-order valence-corrected chi connectivity index (χ2v) is 7.05. The molecule has 29 heavy (non-hydrogen) atoms. The number of aromatic nitrogens is 2. The quantitative estimate of drug-likeness (QED) is 0.488. The van der Waals surface area contributed by atoms with Crippen molar-refractivity contribution in [1.29, 1.82) is 0 Å². The van der Waals surface area contributed by atoms with E-state index in [1.807, 2.05) is 18.2 Å². The largest absolute Gasteiger partial charge is 0.465 e. The number of fused-ring (bicyclic) bond motifs is 1. The fraction of sp³-hybridized carbons (Fsp3) is 0.182. The summed E-state index contributed by atoms with van der Waals surface area (Å²) in [6, 6.07) is 14.6. The molecule has 0 bridgehead atoms. The number of ether oxygens (including phenoxy) is 1. The van der Waals surface area contributed by atoms with E-state index in [4.69, 9.17) is 16.3 Å². The molecule has 0 N–H and O–H groups in total. The van der Waals surface area contributed by atoms with Gasteiger partial charge in [0.2, 0.25) is 5.28 Å². The number of hydrogen-bond acceptors (Lipinski definition) is 5. The molecule has 1 aromatic heterocycles. The highest BCUT2D eigenvalue weighted by atomic mass is 35.5. The Kier molecular flexibility index (Phi) is 5.27. The van der Waals surface area contributed by atoms with Gasteiger partial charge in [-0.1, -0.05) is 30.3 Å². The second kappa shape index (κ2) is 8.01. The second-order valence-electron chi connectivity index (χ2n) is 6.71. The molecule has 0 fully saturated rings. The van der Waals surface area contributed by atoms with E-state index in [0.717, 1.165) is 12.0 Å². The van der Waals surface area contributed by atoms with E-state index >= 15 is 0 Å². The molecule has 1 aliphatic heterocycles. The van der Waals surface area contributed by atoms with Crippen molar-refractivity contribution in [2.24, 2.45) is 0 Å². The van der Waals surface area contributed by atoms with Crippen LogP contribution in [0.25, 0.3) is 11.3 Å². The van der Waals surface area contributed by atoms with Crippen molar-refractivity contribution in [3.63, 3.8) is 0 Å². The minimum Gasteiger partial charge on any atom is -0.465 e. The molecule has 3 aromatic rings. The van der Waals surface area contributed by atoms with Crippen LogP contribution in [0.1, 0.15) is 31.8 Å². The van der Waals surface area contributed by atoms with Gasteiger partial charge in [0.15, 0.2) is 0 Å². The van der Waals surface area contributed by atoms with Crippen molar-refractivity contribution >= 4 is 23.5 Å². The van der Waals surface area contributed by atoms with Crippen LogP contribution in [0.15, 0.2) is 54.7 Å². The average Bonchev–Trinajstić information content (AvgIpc) is 2.77. The van der Waals surface area contributed by atoms with E-state index in [-0.39, 0.29) is 11.2 Å². The van der Waals surface area contributed by atoms with Gasteiger partial charge in [-0.15, -0.1) is 0 Å². The van der Waals surface area contributed by atoms with Crippen molar-refractivity contribution < 1.29 is 14.3 Å². The fourth-order valence-corrected chi connectivity index (χ4v) is 3.66. The van der Waals surface area contributed by atoms with Gasteiger partial charge in [-0.3, -0.25) is 4.79 Å². The molecule has 0 saturated heterocycles. The van der Waals surface area contributed by atoms with E-state index in [1.54, 1.807) is 29.2 Å². The van der Waals surface area contributed by atoms with Gasteiger partial charge < -0.3 is 9.64 Å². The molecular weight excluding hydrogens is 390 g/mol. The van der Waals surface area contributed by atoms with Crippen LogP contribution in [0, 0.1) is 0 Å². The SMILES string of the molecule is COC(=O)c1ccc(-c2ccnc(Cl)n2)c(C(=O)N2CCc3ccccc3C2)c1. The predicted octanol–water partition coefficient (Wildman–Crippen LogP) is 3.78. The van der Waals surface area contributed by atoms with E-state index < -0.39 is 5.97 Å². The normalized spacial score (nSPS) is 13.0. The molecule has 146 valence electrons. The Balaban J connectivity index is 1.76. The number of esters is 1. The van der Waals surface area contributed by atoms with Crippen LogP contribution in [0.3, 0.4) is 0 Å². The zero-order chi connectivity index (χ0) is 20.4. The Morgan fingerprint density at radius 2 is 1.90 bits per heavy atom. The van der Waals surface area contributed by atoms with Crippen molar-refractivity contribution in [3.8, 4) is 11.3 Å². The summed E-state index contributed by atoms with van der Waals surface area (Å²) in [5.41, 5.74) is 4.16. The molecule has 0 saturated carbocycles. The van der Waals surface area contributed by atoms with E-state index in [2.05, 4.69) is 16.0 Å². The first-order chi connectivity index (χ1) is 14.1. The lowest BCUT2D eigenvalue weighted by molar-refractivity contribution is 0.0600. The number of rotatable bonds is 3. The van der Waals surface area contributed by atoms with E-state index in [1.165, 1.54) is 18.9 Å². The number of halogens is 1. The summed E-state index contributed by atoms with van der Waals surface area (Å²) < 4.78 is 4.82. The molecule has 0 radical (unpaired) electrons. The van der Waals surface area contributed by atoms with Gasteiger partial charge in [0.1, 0.15) is 0 Å². The Morgan fingerprint density at radius 1 is 1.10 bits per heavy atom. The van der Waals surface area contributed by atoms with Crippen LogP contribution in [-0.2, 0) is 17.7 Å². The zero-order valence-electron chi connectivity index (χ0n) is 15.8. The molecule has 2 aromatic carbocycles. The first-order valence-electron chi connectivity index (χ1n) is 9.14. The molecule has 0 aliphatic carbocycles. The molecular formula is C22H18ClN3O3. The van der Waals surface area contributed by atoms with Crippen molar-refractivity contribution in [3.05, 3.63) is 82.3 Å². The summed E-state index contributed by atoms with van der Waals surface area (Å²) in [4.78, 5) is 35.4. The summed E-state index contributed by atoms with van der Waals surface area (Å²) in [5, 5.41) is 0.0878. The van der Waals surface area contributed by atoms with E-state index in [0.29, 0.717) is 35.5 Å². The maximum Gasteiger partial charge on any atom is 0.337 e. The monoisotopic (exact) mass is 407 g/mol. The topological polar surface area (TPSA) is 72.4 Å². The number of hydrogen-bond donors (Lipinski definition) is 0. The number of carbonyl (C=O) groups is 2. The third-order valence-electron chi connectivity index (χ3n) is 4.99. The van der Waals surface area contributed by atoms with Gasteiger partial charge in [0, 0.05) is 30.4 Å². The summed E-state index contributed by atoms with van der Waals surface area (Å²) in [5.74, 6) is -0.676. The van der Waals surface area contributed by atoms with Crippen molar-refractivity contribution in [1.82, 2.24) is 14.9 Å². The van der Waals surface area contributed by atoms with Gasteiger partial charge in [-0.25, -0.2) is 14.8 Å². The third-order valence-corrected chi connectivity index (χ3v) is 5.17. The molecule has 2 heterocycles. The van der Waals surface area contributed by atoms with Crippen molar-refractivity contribution in [2.75, 3.05) is 13.7 Å². The lowest BCUT2D eigenvalue weighted by Gasteiger charge is -2.29. The molecule has 7 heteroatoms. The standard InChI is InChI=1S/C22H18ClN3O3/c1-29-21(28)15-6-7-17(19-8-10-24-22(23)25-19)18(12-15)20(27)26-11-9-14-4-2-3-5-16(14)13-26/h2-8,10,12H,9,11,13H2,1H3. The highest BCUT2D eigenvalue weighted by Crippen LogP contribution is 2.28. The number of amides is 1. The van der Waals surface area contributed by atoms with Crippen LogP contribution >= 0.6 is 11.6 Å². The first kappa shape index (κ1) is 19.1. The summed E-state index contributed by atoms with van der Waals surface area (Å²) >= 11 is 5.94. The minimum absolute atomic E-state index is 0.0878. The molecule has 1 aliphatic rings. The smallest absolute Gasteiger partial charge is 0.337 e. The van der Waals surface area contributed by atoms with Crippen LogP contribution < -0.4 is 0 Å². The molecule has 6 nitrogen and oxygen atoms in total. The van der Waals surface area contributed by atoms with Crippen molar-refractivity contribution in [2.45, 2.75) is 13.0 Å². The average molecular weight is 408 g/mol. The summed E-state index contributed by atoms with van der Waals surface area (Å²) in [6.45, 7) is 1.11. The number of benzene rings is 2. The lowest BCUT2D eigenvalue weighted by atomic mass is 9.96. The lowest BCUT2D eigenvalue weighted by Crippen LogP contribution is -2.36. The van der Waals surface area contributed by atoms with Crippen LogP contribution in [0.2, 0.25) is 5.28 Å². The summed E-state index contributed by atoms with van der Waals surface area (Å²) in [7, 11) is 1.31. The number of nitrogens with zero attached hydrogens (tertiary/aromatic N) is 3. The molecule has 0 atom stereocenters. The first-order valence-corrected chi connectivity index (χ1v) is 9.52. The highest BCUT2D eigenvalue weighted by molar-refractivity contribution is 6.28. The predicted molar refractivity (Wildman–Crippen MR) is 109 cm³/mol. The third kappa shape index (κ3) is 3.84. The van der Waals surface area contributed by atoms with Crippen LogP contribution in [0.4, 0.5) is 0 Å². The van der Waals surface area contributed by atoms with Gasteiger partial charge in [-0.2, -0.15) is 0 Å². The zero-order valence-corrected chi connectivity index (χ0v) is 16.5. The molecule has 4 rings (SSSR count). The van der Waals surface area contributed by atoms with Gasteiger partial charge in [-0.05, 0) is 47.3 Å². The van der Waals surface area contributed by atoms with Gasteiger partial charge in [0.05, 0.1) is 18.4 Å². The Morgan fingerprint density at radius 3 is 2.66 bits per heavy atom. The van der Waals surface area contributed by atoms with Gasteiger partial charge >= 0.3 is 5.97 Å². The Labute approximate surface area is 173 Å². The number of carbonyl (C=O) groups excluding carboxylic acids is 2. The van der Waals surface area contributed by atoms with E-state index in [9.17, 15) is 9.59 Å². The Hall–Kier alpha value is -3.25. The summed E-state index contributed by atoms with van der Waals surface area (Å²) in [6.07, 6.45) is 2.32. The maximum atomic E-state index is 13.4. The minimum atomic E-state index is -0.504. The molecule has 0 spiro atoms. The van der Waals surface area contributed by atoms with Crippen LogP contribution in [-0.4, -0.2) is 40.4 Å².